The number of nitrogens with one attached hydrogen (secondary N) is 1. The van der Waals surface area contributed by atoms with Crippen molar-refractivity contribution in [2.45, 2.75) is 60.9 Å². The number of ether oxygens (including phenoxy) is 1. The van der Waals surface area contributed by atoms with Crippen LogP contribution in [0.2, 0.25) is 15.1 Å². The minimum Gasteiger partial charge on any atom is -0.463 e. The zero-order chi connectivity index (χ0) is 48.7. The average molecular weight is 1160 g/mol. The van der Waals surface area contributed by atoms with Crippen molar-refractivity contribution in [2.75, 3.05) is 26.5 Å². The molecule has 1 aliphatic heterocycles. The number of ketones is 1. The van der Waals surface area contributed by atoms with E-state index in [1.54, 1.807) is 58.0 Å². The number of halogens is 6. The Bertz CT molecular complexity index is 2180. The molecule has 64 heavy (non-hydrogen) atoms. The Kier molecular flexibility index (Phi) is 31.2. The number of amides is 1. The third kappa shape index (κ3) is 23.3. The lowest BCUT2D eigenvalue weighted by Crippen LogP contribution is -2.52. The maximum absolute atomic E-state index is 11.8. The highest BCUT2D eigenvalue weighted by atomic mass is 79.9. The second kappa shape index (κ2) is 31.7. The Labute approximate surface area is 418 Å². The number of guanidine groups is 1. The van der Waals surface area contributed by atoms with Crippen molar-refractivity contribution in [3.8, 4) is 0 Å². The summed E-state index contributed by atoms with van der Waals surface area (Å²) in [6.07, 6.45) is 1.17. The number of allylic oxidation sites excluding steroid dienone is 1. The van der Waals surface area contributed by atoms with E-state index in [1.807, 2.05) is 45.0 Å². The molecule has 1 amide bonds. The molecule has 7 N–H and O–H groups in total. The van der Waals surface area contributed by atoms with Crippen LogP contribution in [0.15, 0.2) is 103 Å². The molecule has 3 atom stereocenters. The van der Waals surface area contributed by atoms with Crippen LogP contribution in [0.4, 0.5) is 0 Å². The summed E-state index contributed by atoms with van der Waals surface area (Å²) >= 11 is 27.6. The maximum atomic E-state index is 11.8. The topological polar surface area (TPSA) is 217 Å². The molecule has 1 aliphatic rings. The number of benzene rings is 3. The first-order chi connectivity index (χ1) is 29.3. The maximum Gasteiger partial charge on any atom is 0.333 e. The lowest BCUT2D eigenvalue weighted by Gasteiger charge is -2.35. The van der Waals surface area contributed by atoms with Gasteiger partial charge in [-0.05, 0) is 155 Å². The molecule has 3 aromatic rings. The number of aliphatic imine (C=N–C) groups is 1. The quantitative estimate of drug-likeness (QED) is 0.0153. The molecule has 0 bridgehead atoms. The predicted molar refractivity (Wildman–Crippen MR) is 270 cm³/mol. The van der Waals surface area contributed by atoms with E-state index in [4.69, 9.17) is 56.7 Å². The second-order valence-corrected chi connectivity index (χ2v) is 19.1. The molecule has 0 aromatic heterocycles. The smallest absolute Gasteiger partial charge is 0.333 e. The Morgan fingerprint density at radius 3 is 1.80 bits per heavy atom. The van der Waals surface area contributed by atoms with Gasteiger partial charge in [-0.25, -0.2) is 14.7 Å². The standard InChI is InChI=1S/C13H14BrClO2.C12H13BrClN3O.C8H6BrClO.C7H15O5P.C2H6N2.B/c1-4-17-13(16)9(3)8(2)10-5-6-12(15)11(14)7-10;1-6-10(18)16-11(15)17-12(6,2)7-3-4-9(14)8(13)5-7;1-5(11)6-2-3-8(10)7(9)4-6;1-4-9-11-6-7-13(3,8)12-10-5-2;1-2(3)4;/h5-7H,4H2,1-3H3;3-6H,1-2H3,(H3,15,16,17,18);2-4H,1H3;6-7H,4-5H2,1-3H3;1,3-4H2;/b9-8+;;;7-6+;;. The molecule has 0 aliphatic carbocycles. The minimum atomic E-state index is -2.86. The zero-order valence-corrected chi connectivity index (χ0v) is 44.8. The predicted octanol–water partition coefficient (Wildman–Crippen LogP) is 11.5. The van der Waals surface area contributed by atoms with Crippen molar-refractivity contribution >= 4 is 128 Å². The van der Waals surface area contributed by atoms with E-state index in [1.165, 1.54) is 25.7 Å². The van der Waals surface area contributed by atoms with Crippen LogP contribution in [0.5, 0.6) is 0 Å². The number of esters is 1. The Balaban J connectivity index is 0. The molecule has 22 heteroatoms. The number of rotatable bonds is 12. The van der Waals surface area contributed by atoms with E-state index in [-0.39, 0.29) is 43.8 Å². The van der Waals surface area contributed by atoms with E-state index < -0.39 is 12.9 Å². The molecule has 3 aromatic carbocycles. The molecule has 0 saturated heterocycles. The van der Waals surface area contributed by atoms with Gasteiger partial charge in [-0.1, -0.05) is 60.4 Å². The van der Waals surface area contributed by atoms with Crippen LogP contribution in [0.25, 0.3) is 5.57 Å². The minimum absolute atomic E-state index is 0. The van der Waals surface area contributed by atoms with Gasteiger partial charge in [0.1, 0.15) is 6.26 Å². The third-order valence-electron chi connectivity index (χ3n) is 8.06. The molecule has 4 rings (SSSR count). The lowest BCUT2D eigenvalue weighted by molar-refractivity contribution is -0.244. The number of carbonyl (C=O) groups is 3. The molecule has 3 radical (unpaired) electrons. The van der Waals surface area contributed by atoms with Gasteiger partial charge in [-0.2, -0.15) is 9.56 Å². The zero-order valence-electron chi connectivity index (χ0n) is 36.9. The number of carbonyl (C=O) groups excluding carboxylic acids is 3. The van der Waals surface area contributed by atoms with Gasteiger partial charge in [-0.15, -0.1) is 0 Å². The molecule has 14 nitrogen and oxygen atoms in total. The summed E-state index contributed by atoms with van der Waals surface area (Å²) in [7, 11) is -2.86. The van der Waals surface area contributed by atoms with Gasteiger partial charge in [0.25, 0.3) is 7.37 Å². The van der Waals surface area contributed by atoms with Crippen LogP contribution in [0.3, 0.4) is 0 Å². The van der Waals surface area contributed by atoms with Crippen molar-refractivity contribution in [2.24, 2.45) is 28.1 Å². The van der Waals surface area contributed by atoms with Crippen molar-refractivity contribution in [1.29, 1.82) is 0 Å². The summed E-state index contributed by atoms with van der Waals surface area (Å²) < 4.78 is 23.3. The summed E-state index contributed by atoms with van der Waals surface area (Å²) in [6, 6.07) is 16.2. The van der Waals surface area contributed by atoms with Gasteiger partial charge < -0.3 is 26.8 Å². The third-order valence-corrected chi connectivity index (χ3v) is 12.8. The normalized spacial score (nSPS) is 16.3. The van der Waals surface area contributed by atoms with Gasteiger partial charge in [0, 0.05) is 45.4 Å². The first-order valence-corrected chi connectivity index (χ1v) is 24.4. The van der Waals surface area contributed by atoms with Gasteiger partial charge in [0.15, 0.2) is 11.7 Å². The van der Waals surface area contributed by atoms with Crippen LogP contribution in [-0.4, -0.2) is 58.5 Å². The first kappa shape index (κ1) is 62.9. The van der Waals surface area contributed by atoms with Crippen LogP contribution in [0, 0.1) is 5.92 Å². The molecule has 1 heterocycles. The van der Waals surface area contributed by atoms with Crippen molar-refractivity contribution < 1.29 is 43.0 Å². The van der Waals surface area contributed by atoms with Gasteiger partial charge in [-0.3, -0.25) is 19.5 Å². The second-order valence-electron chi connectivity index (χ2n) is 13.0. The summed E-state index contributed by atoms with van der Waals surface area (Å²) in [5, 5.41) is 4.42. The van der Waals surface area contributed by atoms with E-state index >= 15 is 0 Å². The number of hydrogen-bond donors (Lipinski definition) is 4. The van der Waals surface area contributed by atoms with E-state index in [0.29, 0.717) is 46.0 Å². The number of Topliss-reactive ketones (excluding diaryl/α,β-unsaturated/α-hetero) is 1. The summed E-state index contributed by atoms with van der Waals surface area (Å²) in [4.78, 5) is 52.2. The van der Waals surface area contributed by atoms with Crippen LogP contribution in [0.1, 0.15) is 76.9 Å². The molecule has 0 fully saturated rings. The fourth-order valence-corrected chi connectivity index (χ4v) is 6.59. The Morgan fingerprint density at radius 1 is 0.875 bits per heavy atom. The number of hydrogen-bond acceptors (Lipinski definition) is 13. The Morgan fingerprint density at radius 2 is 1.34 bits per heavy atom. The highest BCUT2D eigenvalue weighted by molar-refractivity contribution is 9.11. The van der Waals surface area contributed by atoms with Crippen molar-refractivity contribution in [3.05, 3.63) is 130 Å². The van der Waals surface area contributed by atoms with Crippen molar-refractivity contribution in [3.63, 3.8) is 0 Å². The van der Waals surface area contributed by atoms with Crippen LogP contribution < -0.4 is 22.5 Å². The molecular formula is C42H54BBr3Cl3N5O9P. The molecule has 3 unspecified atom stereocenters. The summed E-state index contributed by atoms with van der Waals surface area (Å²) in [5.41, 5.74) is 18.4. The molecule has 0 saturated carbocycles. The molecular weight excluding hydrogens is 1110 g/mol. The van der Waals surface area contributed by atoms with Gasteiger partial charge in [0.2, 0.25) is 5.91 Å². The largest absolute Gasteiger partial charge is 0.463 e. The fraction of sp³-hybridized carbons (Fsp3) is 0.333. The van der Waals surface area contributed by atoms with E-state index in [2.05, 4.69) is 84.0 Å². The summed E-state index contributed by atoms with van der Waals surface area (Å²) in [5.74, 6) is 0.900. The number of nitrogens with two attached hydrogens (primary N) is 3. The van der Waals surface area contributed by atoms with Gasteiger partial charge >= 0.3 is 5.97 Å². The highest BCUT2D eigenvalue weighted by Crippen LogP contribution is 2.44. The summed E-state index contributed by atoms with van der Waals surface area (Å²) in [6.45, 7) is 19.9. The van der Waals surface area contributed by atoms with Crippen LogP contribution >= 0.6 is 90.0 Å². The average Bonchev–Trinajstić information content (AvgIpc) is 3.21. The first-order valence-electron chi connectivity index (χ1n) is 18.7. The fourth-order valence-electron chi connectivity index (χ4n) is 4.47. The monoisotopic (exact) mass is 1160 g/mol. The van der Waals surface area contributed by atoms with Gasteiger partial charge in [0.05, 0.1) is 52.2 Å². The SMILES string of the molecule is C=C(N)N.CC(=O)c1ccc(Cl)c(Br)c1.CC1C(=O)NC(N)=NC1(C)c1ccc(Cl)c(Br)c1.CCOC(=O)/C(C)=C(\C)c1ccc(Cl)c(Br)c1.CCOO/C=C/P(C)(=O)OOCC.[B]. The number of nitrogens with zero attached hydrogens (tertiary/aromatic N) is 1. The highest BCUT2D eigenvalue weighted by Gasteiger charge is 2.41. The van der Waals surface area contributed by atoms with Crippen LogP contribution in [-0.2, 0) is 43.8 Å². The lowest BCUT2D eigenvalue weighted by atomic mass is 9.79. The van der Waals surface area contributed by atoms with E-state index in [9.17, 15) is 18.9 Å². The molecule has 0 spiro atoms. The Hall–Kier alpha value is -3.16. The van der Waals surface area contributed by atoms with Crippen molar-refractivity contribution in [1.82, 2.24) is 5.32 Å². The molecule has 351 valence electrons. The van der Waals surface area contributed by atoms with E-state index in [0.717, 1.165) is 30.1 Å².